The molecule has 0 radical (unpaired) electrons. The Morgan fingerprint density at radius 1 is 0.458 bits per heavy atom. The first-order valence-electron chi connectivity index (χ1n) is 11.3. The second-order valence-electron chi connectivity index (χ2n) is 8.30. The fourth-order valence-electron chi connectivity index (χ4n) is 3.56. The molecule has 0 aliphatic carbocycles. The Balaban J connectivity index is 3.15. The summed E-state index contributed by atoms with van der Waals surface area (Å²) in [6.07, 6.45) is 25.4. The van der Waals surface area contributed by atoms with Gasteiger partial charge in [0.2, 0.25) is 0 Å². The highest BCUT2D eigenvalue weighted by Gasteiger charge is 2.18. The van der Waals surface area contributed by atoms with Crippen LogP contribution in [0.2, 0.25) is 0 Å². The summed E-state index contributed by atoms with van der Waals surface area (Å²) in [6.45, 7) is 6.51. The molecule has 1 heteroatoms. The molecule has 0 aliphatic heterocycles. The molecule has 1 nitrogen and oxygen atoms in total. The number of rotatable bonds is 19. The van der Waals surface area contributed by atoms with E-state index in [4.69, 9.17) is 0 Å². The third-order valence-corrected chi connectivity index (χ3v) is 5.39. The van der Waals surface area contributed by atoms with Gasteiger partial charge in [-0.2, -0.15) is 0 Å². The predicted molar refractivity (Wildman–Crippen MR) is 110 cm³/mol. The van der Waals surface area contributed by atoms with Crippen LogP contribution in [0.25, 0.3) is 0 Å². The molecule has 0 heterocycles. The average molecular weight is 341 g/mol. The second-order valence-corrected chi connectivity index (χ2v) is 8.30. The van der Waals surface area contributed by atoms with Crippen molar-refractivity contribution in [1.82, 2.24) is 0 Å². The Hall–Kier alpha value is -0.0400. The average Bonchev–Trinajstić information content (AvgIpc) is 2.56. The molecule has 0 rings (SSSR count). The second kappa shape index (κ2) is 17.8. The van der Waals surface area contributed by atoms with E-state index in [1.165, 1.54) is 103 Å². The van der Waals surface area contributed by atoms with Gasteiger partial charge in [-0.15, -0.1) is 0 Å². The van der Waals surface area contributed by atoms with Crippen molar-refractivity contribution in [3.63, 3.8) is 0 Å². The van der Waals surface area contributed by atoms with Crippen molar-refractivity contribution in [2.24, 2.45) is 0 Å². The molecular formula is C23H48O. The van der Waals surface area contributed by atoms with E-state index in [0.29, 0.717) is 0 Å². The van der Waals surface area contributed by atoms with Gasteiger partial charge in [-0.1, -0.05) is 123 Å². The van der Waals surface area contributed by atoms with E-state index in [0.717, 1.165) is 19.3 Å². The number of hydrogen-bond acceptors (Lipinski definition) is 1. The van der Waals surface area contributed by atoms with Crippen LogP contribution in [0, 0.1) is 0 Å². The molecular weight excluding hydrogens is 292 g/mol. The Labute approximate surface area is 154 Å². The van der Waals surface area contributed by atoms with E-state index in [2.05, 4.69) is 13.8 Å². The van der Waals surface area contributed by atoms with Crippen LogP contribution in [-0.4, -0.2) is 10.7 Å². The summed E-state index contributed by atoms with van der Waals surface area (Å²) in [5.74, 6) is 0. The molecule has 1 N–H and O–H groups in total. The molecule has 1 atom stereocenters. The number of hydrogen-bond donors (Lipinski definition) is 1. The summed E-state index contributed by atoms with van der Waals surface area (Å²) in [6, 6.07) is 0. The zero-order valence-corrected chi connectivity index (χ0v) is 17.4. The lowest BCUT2D eigenvalue weighted by Crippen LogP contribution is -2.23. The summed E-state index contributed by atoms with van der Waals surface area (Å²) < 4.78 is 0. The van der Waals surface area contributed by atoms with Crippen LogP contribution in [0.1, 0.15) is 143 Å². The normalized spacial score (nSPS) is 14.0. The highest BCUT2D eigenvalue weighted by atomic mass is 16.3. The summed E-state index contributed by atoms with van der Waals surface area (Å²) in [5.41, 5.74) is -0.410. The van der Waals surface area contributed by atoms with Crippen LogP contribution in [-0.2, 0) is 0 Å². The molecule has 0 amide bonds. The highest BCUT2D eigenvalue weighted by Crippen LogP contribution is 2.21. The van der Waals surface area contributed by atoms with Crippen molar-refractivity contribution in [2.45, 2.75) is 148 Å². The Morgan fingerprint density at radius 3 is 1.12 bits per heavy atom. The minimum atomic E-state index is -0.410. The molecule has 0 saturated carbocycles. The lowest BCUT2D eigenvalue weighted by atomic mass is 9.92. The Bertz CT molecular complexity index is 234. The monoisotopic (exact) mass is 340 g/mol. The van der Waals surface area contributed by atoms with Crippen molar-refractivity contribution in [3.05, 3.63) is 0 Å². The van der Waals surface area contributed by atoms with Crippen LogP contribution >= 0.6 is 0 Å². The maximum Gasteiger partial charge on any atom is 0.0619 e. The van der Waals surface area contributed by atoms with Crippen LogP contribution in [0.3, 0.4) is 0 Å². The molecule has 1 unspecified atom stereocenters. The first-order valence-corrected chi connectivity index (χ1v) is 11.3. The third-order valence-electron chi connectivity index (χ3n) is 5.39. The topological polar surface area (TPSA) is 20.2 Å². The van der Waals surface area contributed by atoms with Gasteiger partial charge < -0.3 is 5.11 Å². The van der Waals surface area contributed by atoms with E-state index in [1.807, 2.05) is 6.92 Å². The van der Waals surface area contributed by atoms with Gasteiger partial charge in [-0.3, -0.25) is 0 Å². The zero-order valence-electron chi connectivity index (χ0n) is 17.4. The van der Waals surface area contributed by atoms with Crippen molar-refractivity contribution in [2.75, 3.05) is 0 Å². The minimum absolute atomic E-state index is 0.410. The summed E-state index contributed by atoms with van der Waals surface area (Å²) in [4.78, 5) is 0. The van der Waals surface area contributed by atoms with Crippen molar-refractivity contribution in [1.29, 1.82) is 0 Å². The fraction of sp³-hybridized carbons (Fsp3) is 1.00. The quantitative estimate of drug-likeness (QED) is 0.235. The van der Waals surface area contributed by atoms with Gasteiger partial charge in [0.1, 0.15) is 0 Å². The Kier molecular flexibility index (Phi) is 17.7. The van der Waals surface area contributed by atoms with E-state index < -0.39 is 5.60 Å². The number of unbranched alkanes of at least 4 members (excludes halogenated alkanes) is 15. The third kappa shape index (κ3) is 18.3. The zero-order chi connectivity index (χ0) is 17.9. The lowest BCUT2D eigenvalue weighted by Gasteiger charge is -2.22. The van der Waals surface area contributed by atoms with Gasteiger partial charge in [0.15, 0.2) is 0 Å². The lowest BCUT2D eigenvalue weighted by molar-refractivity contribution is 0.0371. The maximum absolute atomic E-state index is 10.2. The summed E-state index contributed by atoms with van der Waals surface area (Å²) >= 11 is 0. The van der Waals surface area contributed by atoms with Crippen molar-refractivity contribution in [3.8, 4) is 0 Å². The summed E-state index contributed by atoms with van der Waals surface area (Å²) in [7, 11) is 0. The Morgan fingerprint density at radius 2 is 0.750 bits per heavy atom. The van der Waals surface area contributed by atoms with Gasteiger partial charge in [0.05, 0.1) is 5.60 Å². The fourth-order valence-corrected chi connectivity index (χ4v) is 3.56. The molecule has 146 valence electrons. The molecule has 0 aromatic carbocycles. The standard InChI is InChI=1S/C23H48O/c1-4-6-8-9-10-11-12-13-14-15-16-17-18-19-20-22-23(3,24)21-7-5-2/h24H,4-22H2,1-3H3. The largest absolute Gasteiger partial charge is 0.390 e. The van der Waals surface area contributed by atoms with Crippen LogP contribution in [0.5, 0.6) is 0 Å². The predicted octanol–water partition coefficient (Wildman–Crippen LogP) is 8.19. The summed E-state index contributed by atoms with van der Waals surface area (Å²) in [5, 5.41) is 10.2. The molecule has 0 aromatic rings. The first-order chi connectivity index (χ1) is 11.6. The maximum atomic E-state index is 10.2. The van der Waals surface area contributed by atoms with Crippen LogP contribution in [0.15, 0.2) is 0 Å². The van der Waals surface area contributed by atoms with Crippen molar-refractivity contribution < 1.29 is 5.11 Å². The van der Waals surface area contributed by atoms with Gasteiger partial charge in [0, 0.05) is 0 Å². The van der Waals surface area contributed by atoms with Gasteiger partial charge >= 0.3 is 0 Å². The van der Waals surface area contributed by atoms with Crippen molar-refractivity contribution >= 4 is 0 Å². The molecule has 0 saturated heterocycles. The van der Waals surface area contributed by atoms with E-state index in [1.54, 1.807) is 0 Å². The molecule has 0 bridgehead atoms. The van der Waals surface area contributed by atoms with Gasteiger partial charge in [-0.25, -0.2) is 0 Å². The van der Waals surface area contributed by atoms with Crippen LogP contribution < -0.4 is 0 Å². The SMILES string of the molecule is CCCCCCCCCCCCCCCCCC(C)(O)CCCC. The molecule has 0 fully saturated rings. The van der Waals surface area contributed by atoms with Gasteiger partial charge in [0.25, 0.3) is 0 Å². The van der Waals surface area contributed by atoms with E-state index >= 15 is 0 Å². The highest BCUT2D eigenvalue weighted by molar-refractivity contribution is 4.71. The van der Waals surface area contributed by atoms with Crippen LogP contribution in [0.4, 0.5) is 0 Å². The number of aliphatic hydroxyl groups is 1. The van der Waals surface area contributed by atoms with Gasteiger partial charge in [-0.05, 0) is 19.8 Å². The minimum Gasteiger partial charge on any atom is -0.390 e. The van der Waals surface area contributed by atoms with E-state index in [9.17, 15) is 5.11 Å². The smallest absolute Gasteiger partial charge is 0.0619 e. The molecule has 24 heavy (non-hydrogen) atoms. The molecule has 0 aromatic heterocycles. The molecule has 0 aliphatic rings. The first kappa shape index (κ1) is 24.0. The van der Waals surface area contributed by atoms with E-state index in [-0.39, 0.29) is 0 Å². The molecule has 0 spiro atoms.